The summed E-state index contributed by atoms with van der Waals surface area (Å²) >= 11 is 0. The van der Waals surface area contributed by atoms with Crippen LogP contribution in [0.4, 0.5) is 8.78 Å². The van der Waals surface area contributed by atoms with Crippen LogP contribution < -0.4 is 5.56 Å². The van der Waals surface area contributed by atoms with E-state index in [1.807, 2.05) is 0 Å². The van der Waals surface area contributed by atoms with Crippen LogP contribution in [0, 0.1) is 11.6 Å². The zero-order valence-electron chi connectivity index (χ0n) is 9.60. The molecule has 1 aromatic heterocycles. The number of aromatic nitrogens is 1. The first-order valence-electron chi connectivity index (χ1n) is 5.34. The molecule has 0 amide bonds. The van der Waals surface area contributed by atoms with Gasteiger partial charge in [0.25, 0.3) is 5.56 Å². The molecular weight excluding hydrogens is 256 g/mol. The minimum Gasteiger partial charge on any atom is -0.310 e. The third-order valence-corrected chi connectivity index (χ3v) is 2.58. The van der Waals surface area contributed by atoms with Crippen molar-refractivity contribution in [2.75, 3.05) is 0 Å². The molecule has 0 saturated heterocycles. The predicted molar refractivity (Wildman–Crippen MR) is 61.2 cm³/mol. The molecule has 1 heterocycles. The van der Waals surface area contributed by atoms with Crippen LogP contribution in [0.15, 0.2) is 41.3 Å². The van der Waals surface area contributed by atoms with E-state index in [-0.39, 0.29) is 6.54 Å². The number of pyridine rings is 1. The molecule has 19 heavy (non-hydrogen) atoms. The minimum atomic E-state index is -1.58. The first-order valence-corrected chi connectivity index (χ1v) is 5.34. The van der Waals surface area contributed by atoms with Crippen LogP contribution in [0.3, 0.4) is 0 Å². The Labute approximate surface area is 106 Å². The van der Waals surface area contributed by atoms with Crippen LogP contribution in [0.5, 0.6) is 0 Å². The summed E-state index contributed by atoms with van der Waals surface area (Å²) in [7, 11) is 0. The van der Waals surface area contributed by atoms with Crippen LogP contribution in [-0.4, -0.2) is 10.5 Å². The normalized spacial score (nSPS) is 10.4. The third kappa shape index (κ3) is 2.67. The highest BCUT2D eigenvalue weighted by Gasteiger charge is 2.12. The van der Waals surface area contributed by atoms with Gasteiger partial charge in [-0.05, 0) is 29.8 Å². The molecule has 1 radical (unpaired) electrons. The van der Waals surface area contributed by atoms with E-state index in [0.717, 1.165) is 22.8 Å². The van der Waals surface area contributed by atoms with Crippen LogP contribution in [-0.2, 0) is 11.7 Å². The van der Waals surface area contributed by atoms with Crippen molar-refractivity contribution >= 4 is 5.97 Å². The zero-order chi connectivity index (χ0) is 14.0. The third-order valence-electron chi connectivity index (χ3n) is 2.58. The molecule has 2 rings (SSSR count). The second kappa shape index (κ2) is 5.01. The van der Waals surface area contributed by atoms with Crippen LogP contribution >= 0.6 is 0 Å². The topological polar surface area (TPSA) is 59.0 Å². The maximum Gasteiger partial charge on any atom is 0.391 e. The van der Waals surface area contributed by atoms with Gasteiger partial charge in [0, 0.05) is 6.20 Å². The second-order valence-electron chi connectivity index (χ2n) is 3.89. The standard InChI is InChI=1S/C13H8F2NO3/c14-10-4-3-8(6-11(10)15)7-16-5-1-2-9(12(16)17)13(18)19/h1-6H,7H2. The summed E-state index contributed by atoms with van der Waals surface area (Å²) in [4.78, 5) is 22.4. The molecule has 0 fully saturated rings. The van der Waals surface area contributed by atoms with E-state index in [4.69, 9.17) is 0 Å². The summed E-state index contributed by atoms with van der Waals surface area (Å²) in [6, 6.07) is 5.70. The Morgan fingerprint density at radius 3 is 2.53 bits per heavy atom. The van der Waals surface area contributed by atoms with Crippen molar-refractivity contribution < 1.29 is 18.7 Å². The lowest BCUT2D eigenvalue weighted by molar-refractivity contribution is 0.0570. The Bertz CT molecular complexity index is 695. The van der Waals surface area contributed by atoms with E-state index in [1.165, 1.54) is 18.3 Å². The van der Waals surface area contributed by atoms with Gasteiger partial charge in [-0.2, -0.15) is 0 Å². The molecule has 0 bridgehead atoms. The Morgan fingerprint density at radius 1 is 1.16 bits per heavy atom. The highest BCUT2D eigenvalue weighted by atomic mass is 19.2. The summed E-state index contributed by atoms with van der Waals surface area (Å²) < 4.78 is 26.9. The molecular formula is C13H8F2NO3. The van der Waals surface area contributed by atoms with Crippen LogP contribution in [0.25, 0.3) is 0 Å². The Kier molecular flexibility index (Phi) is 3.41. The first kappa shape index (κ1) is 12.9. The maximum absolute atomic E-state index is 13.0. The zero-order valence-corrected chi connectivity index (χ0v) is 9.60. The molecule has 0 aliphatic carbocycles. The molecule has 0 saturated carbocycles. The number of hydrogen-bond acceptors (Lipinski definition) is 2. The van der Waals surface area contributed by atoms with Crippen LogP contribution in [0.2, 0.25) is 0 Å². The summed E-state index contributed by atoms with van der Waals surface area (Å²) in [6.45, 7) is -0.0584. The fraction of sp³-hybridized carbons (Fsp3) is 0.0769. The maximum atomic E-state index is 13.0. The molecule has 0 aliphatic rings. The van der Waals surface area contributed by atoms with Crippen molar-refractivity contribution in [3.63, 3.8) is 0 Å². The van der Waals surface area contributed by atoms with Gasteiger partial charge >= 0.3 is 5.97 Å². The number of carbonyl (C=O) groups is 1. The van der Waals surface area contributed by atoms with Gasteiger partial charge in [0.05, 0.1) is 6.54 Å². The van der Waals surface area contributed by atoms with Crippen molar-refractivity contribution in [3.05, 3.63) is 69.6 Å². The summed E-state index contributed by atoms with van der Waals surface area (Å²) in [5.74, 6) is -3.59. The second-order valence-corrected chi connectivity index (χ2v) is 3.89. The molecule has 0 spiro atoms. The van der Waals surface area contributed by atoms with Gasteiger partial charge < -0.3 is 4.57 Å². The number of hydrogen-bond donors (Lipinski definition) is 0. The monoisotopic (exact) mass is 264 g/mol. The number of carbonyl (C=O) groups excluding carboxylic acids is 1. The van der Waals surface area contributed by atoms with Crippen molar-refractivity contribution in [1.82, 2.24) is 4.57 Å². The van der Waals surface area contributed by atoms with Gasteiger partial charge in [0.15, 0.2) is 11.6 Å². The summed E-state index contributed by atoms with van der Waals surface area (Å²) in [5.41, 5.74) is -0.895. The molecule has 1 aromatic carbocycles. The average molecular weight is 264 g/mol. The fourth-order valence-corrected chi connectivity index (χ4v) is 1.65. The molecule has 97 valence electrons. The number of benzene rings is 1. The Morgan fingerprint density at radius 2 is 1.89 bits per heavy atom. The van der Waals surface area contributed by atoms with Crippen molar-refractivity contribution in [2.24, 2.45) is 0 Å². The average Bonchev–Trinajstić information content (AvgIpc) is 2.36. The largest absolute Gasteiger partial charge is 0.391 e. The molecule has 6 heteroatoms. The van der Waals surface area contributed by atoms with Crippen molar-refractivity contribution in [2.45, 2.75) is 6.54 Å². The van der Waals surface area contributed by atoms with Crippen molar-refractivity contribution in [3.8, 4) is 0 Å². The van der Waals surface area contributed by atoms with Gasteiger partial charge in [-0.3, -0.25) is 4.79 Å². The molecule has 0 atom stereocenters. The fourth-order valence-electron chi connectivity index (χ4n) is 1.65. The van der Waals surface area contributed by atoms with E-state index in [9.17, 15) is 23.5 Å². The lowest BCUT2D eigenvalue weighted by Crippen LogP contribution is -2.25. The highest BCUT2D eigenvalue weighted by Crippen LogP contribution is 2.09. The van der Waals surface area contributed by atoms with Gasteiger partial charge in [-0.25, -0.2) is 18.7 Å². The van der Waals surface area contributed by atoms with Crippen molar-refractivity contribution in [1.29, 1.82) is 0 Å². The summed E-state index contributed by atoms with van der Waals surface area (Å²) in [5, 5.41) is 10.7. The van der Waals surface area contributed by atoms with E-state index in [1.54, 1.807) is 0 Å². The summed E-state index contributed by atoms with van der Waals surface area (Å²) in [6.07, 6.45) is 1.36. The smallest absolute Gasteiger partial charge is 0.310 e. The van der Waals surface area contributed by atoms with Gasteiger partial charge in [-0.15, -0.1) is 0 Å². The van der Waals surface area contributed by atoms with Gasteiger partial charge in [0.2, 0.25) is 0 Å². The predicted octanol–water partition coefficient (Wildman–Crippen LogP) is 1.75. The van der Waals surface area contributed by atoms with Crippen LogP contribution in [0.1, 0.15) is 15.9 Å². The molecule has 2 aromatic rings. The number of rotatable bonds is 3. The van der Waals surface area contributed by atoms with Gasteiger partial charge in [0.1, 0.15) is 5.56 Å². The van der Waals surface area contributed by atoms with E-state index < -0.39 is 28.7 Å². The molecule has 0 unspecified atom stereocenters. The van der Waals surface area contributed by atoms with E-state index in [0.29, 0.717) is 5.56 Å². The molecule has 0 N–H and O–H groups in total. The Balaban J connectivity index is 2.38. The van der Waals surface area contributed by atoms with E-state index >= 15 is 0 Å². The number of halogens is 2. The molecule has 4 nitrogen and oxygen atoms in total. The van der Waals surface area contributed by atoms with Gasteiger partial charge in [-0.1, -0.05) is 6.07 Å². The highest BCUT2D eigenvalue weighted by molar-refractivity contribution is 5.86. The minimum absolute atomic E-state index is 0.0584. The molecule has 0 aliphatic heterocycles. The quantitative estimate of drug-likeness (QED) is 0.847. The van der Waals surface area contributed by atoms with E-state index in [2.05, 4.69) is 0 Å². The lowest BCUT2D eigenvalue weighted by atomic mass is 10.2. The Hall–Kier alpha value is -2.50. The SMILES string of the molecule is [O]C(=O)c1cccn(Cc2ccc(F)c(F)c2)c1=O. The first-order chi connectivity index (χ1) is 8.99. The lowest BCUT2D eigenvalue weighted by Gasteiger charge is -2.06. The number of nitrogens with zero attached hydrogens (tertiary/aromatic N) is 1.